The smallest absolute Gasteiger partial charge is 0.409 e. The molecule has 1 aliphatic heterocycles. The molecule has 0 fully saturated rings. The molecule has 1 aliphatic rings. The third kappa shape index (κ3) is 6.16. The highest BCUT2D eigenvalue weighted by Gasteiger charge is 2.34. The van der Waals surface area contributed by atoms with Crippen LogP contribution in [0.15, 0.2) is 114 Å². The van der Waals surface area contributed by atoms with Gasteiger partial charge in [0.2, 0.25) is 12.1 Å². The first-order valence-corrected chi connectivity index (χ1v) is 12.3. The Morgan fingerprint density at radius 1 is 0.846 bits per heavy atom. The van der Waals surface area contributed by atoms with E-state index in [2.05, 4.69) is 20.6 Å². The van der Waals surface area contributed by atoms with Gasteiger partial charge in [-0.1, -0.05) is 78.9 Å². The zero-order valence-electron chi connectivity index (χ0n) is 20.9. The summed E-state index contributed by atoms with van der Waals surface area (Å²) in [4.78, 5) is 49.6. The summed E-state index contributed by atoms with van der Waals surface area (Å²) in [5.41, 5.74) is 3.75. The second-order valence-electron chi connectivity index (χ2n) is 8.68. The summed E-state index contributed by atoms with van der Waals surface area (Å²) < 4.78 is 5.36. The van der Waals surface area contributed by atoms with Crippen LogP contribution in [0.1, 0.15) is 16.7 Å². The fraction of sp³-hybridized carbons (Fsp3) is 0.100. The topological polar surface area (TPSA) is 113 Å². The SMILES string of the molecule is O=C(CN1C(=O)C(NC(=O)OCc2ccccc2)N=C(c2ccccc2)c2ccccc21)Nc1ccncc1. The maximum absolute atomic E-state index is 13.8. The predicted octanol–water partition coefficient (Wildman–Crippen LogP) is 4.16. The Hall–Kier alpha value is -5.31. The maximum Gasteiger partial charge on any atom is 0.409 e. The Kier molecular flexibility index (Phi) is 7.68. The first-order valence-electron chi connectivity index (χ1n) is 12.3. The van der Waals surface area contributed by atoms with E-state index >= 15 is 0 Å². The van der Waals surface area contributed by atoms with Crippen LogP contribution in [-0.2, 0) is 20.9 Å². The summed E-state index contributed by atoms with van der Waals surface area (Å²) in [6.45, 7) is -0.270. The number of anilines is 2. The van der Waals surface area contributed by atoms with E-state index in [1.54, 1.807) is 36.7 Å². The number of para-hydroxylation sites is 1. The molecule has 0 radical (unpaired) electrons. The van der Waals surface area contributed by atoms with E-state index in [-0.39, 0.29) is 13.2 Å². The van der Waals surface area contributed by atoms with Crippen molar-refractivity contribution in [3.8, 4) is 0 Å². The van der Waals surface area contributed by atoms with Crippen molar-refractivity contribution in [1.82, 2.24) is 10.3 Å². The van der Waals surface area contributed by atoms with Gasteiger partial charge in [-0.3, -0.25) is 24.8 Å². The van der Waals surface area contributed by atoms with E-state index < -0.39 is 24.1 Å². The number of nitrogens with one attached hydrogen (secondary N) is 2. The summed E-state index contributed by atoms with van der Waals surface area (Å²) in [5, 5.41) is 5.36. The fourth-order valence-electron chi connectivity index (χ4n) is 4.17. The van der Waals surface area contributed by atoms with Crippen LogP contribution in [0.3, 0.4) is 0 Å². The number of alkyl carbamates (subject to hydrolysis) is 1. The van der Waals surface area contributed by atoms with Crippen LogP contribution >= 0.6 is 0 Å². The molecule has 3 amide bonds. The summed E-state index contributed by atoms with van der Waals surface area (Å²) in [6, 6.07) is 29.1. The number of carbonyl (C=O) groups is 3. The van der Waals surface area contributed by atoms with Crippen molar-refractivity contribution in [3.05, 3.63) is 126 Å². The number of hydrogen-bond acceptors (Lipinski definition) is 6. The van der Waals surface area contributed by atoms with E-state index in [0.29, 0.717) is 22.6 Å². The van der Waals surface area contributed by atoms with Crippen LogP contribution in [0, 0.1) is 0 Å². The highest BCUT2D eigenvalue weighted by atomic mass is 16.5. The van der Waals surface area contributed by atoms with Gasteiger partial charge < -0.3 is 10.1 Å². The van der Waals surface area contributed by atoms with E-state index in [1.807, 2.05) is 72.8 Å². The number of carbonyl (C=O) groups excluding carboxylic acids is 3. The predicted molar refractivity (Wildman–Crippen MR) is 147 cm³/mol. The van der Waals surface area contributed by atoms with Gasteiger partial charge in [0.25, 0.3) is 5.91 Å². The molecule has 0 spiro atoms. The number of rotatable bonds is 7. The molecule has 39 heavy (non-hydrogen) atoms. The van der Waals surface area contributed by atoms with Crippen LogP contribution in [0.25, 0.3) is 0 Å². The number of pyridine rings is 1. The molecule has 2 heterocycles. The Bertz CT molecular complexity index is 1490. The van der Waals surface area contributed by atoms with Crippen molar-refractivity contribution >= 4 is 35.0 Å². The van der Waals surface area contributed by atoms with Gasteiger partial charge in [0.05, 0.1) is 11.4 Å². The molecule has 3 aromatic carbocycles. The van der Waals surface area contributed by atoms with Gasteiger partial charge in [0, 0.05) is 29.2 Å². The van der Waals surface area contributed by atoms with Gasteiger partial charge in [0.15, 0.2) is 0 Å². The second kappa shape index (κ2) is 11.8. The number of fused-ring (bicyclic) bond motifs is 1. The summed E-state index contributed by atoms with van der Waals surface area (Å²) >= 11 is 0. The molecule has 9 nitrogen and oxygen atoms in total. The first kappa shape index (κ1) is 25.3. The third-order valence-corrected chi connectivity index (χ3v) is 5.99. The number of benzodiazepines with no additional fused rings is 1. The molecule has 1 unspecified atom stereocenters. The number of ether oxygens (including phenoxy) is 1. The molecule has 0 aliphatic carbocycles. The zero-order valence-corrected chi connectivity index (χ0v) is 20.9. The van der Waals surface area contributed by atoms with Crippen LogP contribution in [-0.4, -0.2) is 41.3 Å². The number of benzene rings is 3. The summed E-state index contributed by atoms with van der Waals surface area (Å²) in [7, 11) is 0. The van der Waals surface area contributed by atoms with E-state index in [1.165, 1.54) is 4.90 Å². The molecular weight excluding hydrogens is 494 g/mol. The second-order valence-corrected chi connectivity index (χ2v) is 8.68. The van der Waals surface area contributed by atoms with Gasteiger partial charge in [0.1, 0.15) is 13.2 Å². The average molecular weight is 520 g/mol. The molecule has 1 atom stereocenters. The lowest BCUT2D eigenvalue weighted by atomic mass is 10.0. The number of amides is 3. The van der Waals surface area contributed by atoms with Crippen molar-refractivity contribution in [2.24, 2.45) is 4.99 Å². The Balaban J connectivity index is 1.46. The molecule has 0 bridgehead atoms. The minimum Gasteiger partial charge on any atom is -0.445 e. The molecular formula is C30H25N5O4. The molecule has 1 aromatic heterocycles. The number of hydrogen-bond donors (Lipinski definition) is 2. The molecule has 2 N–H and O–H groups in total. The van der Waals surface area contributed by atoms with Crippen molar-refractivity contribution in [3.63, 3.8) is 0 Å². The van der Waals surface area contributed by atoms with Crippen LogP contribution < -0.4 is 15.5 Å². The highest BCUT2D eigenvalue weighted by molar-refractivity contribution is 6.21. The highest BCUT2D eigenvalue weighted by Crippen LogP contribution is 2.28. The molecule has 0 saturated heterocycles. The zero-order chi connectivity index (χ0) is 27.0. The van der Waals surface area contributed by atoms with Crippen molar-refractivity contribution in [1.29, 1.82) is 0 Å². The lowest BCUT2D eigenvalue weighted by Crippen LogP contribution is -2.49. The molecule has 9 heteroatoms. The van der Waals surface area contributed by atoms with Crippen molar-refractivity contribution < 1.29 is 19.1 Å². The van der Waals surface area contributed by atoms with Crippen LogP contribution in [0.2, 0.25) is 0 Å². The molecule has 194 valence electrons. The van der Waals surface area contributed by atoms with Crippen LogP contribution in [0.5, 0.6) is 0 Å². The minimum absolute atomic E-state index is 0.0289. The largest absolute Gasteiger partial charge is 0.445 e. The monoisotopic (exact) mass is 519 g/mol. The van der Waals surface area contributed by atoms with E-state index in [4.69, 9.17) is 4.74 Å². The summed E-state index contributed by atoms with van der Waals surface area (Å²) in [6.07, 6.45) is 0.983. The number of aliphatic imine (C=N–C) groups is 1. The quantitative estimate of drug-likeness (QED) is 0.381. The molecule has 0 saturated carbocycles. The van der Waals surface area contributed by atoms with Crippen LogP contribution in [0.4, 0.5) is 16.2 Å². The van der Waals surface area contributed by atoms with Gasteiger partial charge in [-0.05, 0) is 23.8 Å². The fourth-order valence-corrected chi connectivity index (χ4v) is 4.17. The molecule has 5 rings (SSSR count). The maximum atomic E-state index is 13.8. The Labute approximate surface area is 225 Å². The third-order valence-electron chi connectivity index (χ3n) is 5.99. The Morgan fingerprint density at radius 2 is 1.51 bits per heavy atom. The van der Waals surface area contributed by atoms with Crippen molar-refractivity contribution in [2.45, 2.75) is 12.8 Å². The number of nitrogens with zero attached hydrogens (tertiary/aromatic N) is 3. The minimum atomic E-state index is -1.33. The van der Waals surface area contributed by atoms with E-state index in [0.717, 1.165) is 11.1 Å². The lowest BCUT2D eigenvalue weighted by Gasteiger charge is -2.25. The standard InChI is InChI=1S/C30H25N5O4/c36-26(32-23-15-17-31-18-16-23)19-35-25-14-8-7-13-24(25)27(22-11-5-2-6-12-22)33-28(29(35)37)34-30(38)39-20-21-9-3-1-4-10-21/h1-18,28H,19-20H2,(H,34,38)(H,31,32,36). The average Bonchev–Trinajstić information content (AvgIpc) is 3.08. The van der Waals surface area contributed by atoms with Crippen molar-refractivity contribution in [2.75, 3.05) is 16.8 Å². The van der Waals surface area contributed by atoms with Gasteiger partial charge in [-0.25, -0.2) is 9.79 Å². The van der Waals surface area contributed by atoms with Gasteiger partial charge >= 0.3 is 6.09 Å². The first-order chi connectivity index (χ1) is 19.1. The normalized spacial score (nSPS) is 14.5. The van der Waals surface area contributed by atoms with E-state index in [9.17, 15) is 14.4 Å². The molecule has 4 aromatic rings. The lowest BCUT2D eigenvalue weighted by molar-refractivity contribution is -0.122. The number of aromatic nitrogens is 1. The Morgan fingerprint density at radius 3 is 2.26 bits per heavy atom. The summed E-state index contributed by atoms with van der Waals surface area (Å²) in [5.74, 6) is -0.993. The van der Waals surface area contributed by atoms with Gasteiger partial charge in [-0.2, -0.15) is 0 Å². The van der Waals surface area contributed by atoms with Gasteiger partial charge in [-0.15, -0.1) is 0 Å².